The molecule has 116 valence electrons. The third-order valence-corrected chi connectivity index (χ3v) is 2.58. The summed E-state index contributed by atoms with van der Waals surface area (Å²) >= 11 is 0. The second kappa shape index (κ2) is 8.84. The number of amides is 2. The normalized spacial score (nSPS) is 10.2. The first-order chi connectivity index (χ1) is 9.97. The molecule has 0 saturated carbocycles. The van der Waals surface area contributed by atoms with E-state index >= 15 is 0 Å². The first-order valence-electron chi connectivity index (χ1n) is 7.02. The van der Waals surface area contributed by atoms with E-state index in [4.69, 9.17) is 10.5 Å². The Hall–Kier alpha value is -2.24. The lowest BCUT2D eigenvalue weighted by atomic mass is 10.3. The van der Waals surface area contributed by atoms with Crippen LogP contribution in [0.25, 0.3) is 0 Å². The minimum absolute atomic E-state index is 0.0682. The summed E-state index contributed by atoms with van der Waals surface area (Å²) in [6, 6.07) is 7.15. The molecular weight excluding hydrogens is 270 g/mol. The SMILES string of the molecule is CC(C)NC(=O)CCNC(=O)CCOc1cccc(N)c1. The van der Waals surface area contributed by atoms with Gasteiger partial charge in [-0.3, -0.25) is 9.59 Å². The highest BCUT2D eigenvalue weighted by molar-refractivity contribution is 5.79. The van der Waals surface area contributed by atoms with Crippen molar-refractivity contribution in [3.63, 3.8) is 0 Å². The highest BCUT2D eigenvalue weighted by atomic mass is 16.5. The molecule has 4 N–H and O–H groups in total. The van der Waals surface area contributed by atoms with E-state index in [1.54, 1.807) is 24.3 Å². The van der Waals surface area contributed by atoms with Gasteiger partial charge in [-0.1, -0.05) is 6.07 Å². The molecule has 21 heavy (non-hydrogen) atoms. The standard InChI is InChI=1S/C15H23N3O3/c1-11(2)18-15(20)6-8-17-14(19)7-9-21-13-5-3-4-12(16)10-13/h3-5,10-11H,6-9,16H2,1-2H3,(H,17,19)(H,18,20). The molecule has 2 amide bonds. The number of hydrogen-bond donors (Lipinski definition) is 3. The van der Waals surface area contributed by atoms with E-state index in [2.05, 4.69) is 10.6 Å². The maximum absolute atomic E-state index is 11.6. The van der Waals surface area contributed by atoms with Gasteiger partial charge < -0.3 is 21.1 Å². The summed E-state index contributed by atoms with van der Waals surface area (Å²) in [4.78, 5) is 22.9. The number of rotatable bonds is 8. The zero-order valence-corrected chi connectivity index (χ0v) is 12.5. The van der Waals surface area contributed by atoms with Gasteiger partial charge in [-0.15, -0.1) is 0 Å². The van der Waals surface area contributed by atoms with Crippen molar-refractivity contribution in [1.82, 2.24) is 10.6 Å². The van der Waals surface area contributed by atoms with Crippen molar-refractivity contribution in [3.8, 4) is 5.75 Å². The monoisotopic (exact) mass is 293 g/mol. The summed E-state index contributed by atoms with van der Waals surface area (Å²) in [7, 11) is 0. The van der Waals surface area contributed by atoms with Crippen LogP contribution in [0.1, 0.15) is 26.7 Å². The fourth-order valence-corrected chi connectivity index (χ4v) is 1.66. The van der Waals surface area contributed by atoms with Crippen LogP contribution in [0.15, 0.2) is 24.3 Å². The van der Waals surface area contributed by atoms with Crippen LogP contribution in [-0.4, -0.2) is 31.0 Å². The van der Waals surface area contributed by atoms with Crippen molar-refractivity contribution in [2.75, 3.05) is 18.9 Å². The zero-order chi connectivity index (χ0) is 15.7. The summed E-state index contributed by atoms with van der Waals surface area (Å²) in [6.45, 7) is 4.39. The van der Waals surface area contributed by atoms with Gasteiger partial charge in [-0.25, -0.2) is 0 Å². The second-order valence-electron chi connectivity index (χ2n) is 4.99. The Kier molecular flexibility index (Phi) is 7.08. The Morgan fingerprint density at radius 1 is 1.24 bits per heavy atom. The van der Waals surface area contributed by atoms with Gasteiger partial charge in [-0.05, 0) is 26.0 Å². The van der Waals surface area contributed by atoms with E-state index in [0.29, 0.717) is 18.0 Å². The second-order valence-corrected chi connectivity index (χ2v) is 4.99. The van der Waals surface area contributed by atoms with Crippen molar-refractivity contribution in [1.29, 1.82) is 0 Å². The summed E-state index contributed by atoms with van der Waals surface area (Å²) in [5.41, 5.74) is 6.24. The molecule has 0 aromatic heterocycles. The van der Waals surface area contributed by atoms with Gasteiger partial charge in [-0.2, -0.15) is 0 Å². The number of nitrogen functional groups attached to an aromatic ring is 1. The molecule has 0 bridgehead atoms. The van der Waals surface area contributed by atoms with Gasteiger partial charge in [0.1, 0.15) is 5.75 Å². The van der Waals surface area contributed by atoms with E-state index in [9.17, 15) is 9.59 Å². The molecular formula is C15H23N3O3. The number of ether oxygens (including phenoxy) is 1. The van der Waals surface area contributed by atoms with Crippen LogP contribution in [0.3, 0.4) is 0 Å². The van der Waals surface area contributed by atoms with Crippen molar-refractivity contribution in [2.24, 2.45) is 0 Å². The average molecular weight is 293 g/mol. The smallest absolute Gasteiger partial charge is 0.223 e. The number of nitrogens with two attached hydrogens (primary N) is 1. The fourth-order valence-electron chi connectivity index (χ4n) is 1.66. The van der Waals surface area contributed by atoms with Gasteiger partial charge in [0.15, 0.2) is 0 Å². The van der Waals surface area contributed by atoms with Gasteiger partial charge >= 0.3 is 0 Å². The molecule has 0 radical (unpaired) electrons. The molecule has 0 saturated heterocycles. The number of hydrogen-bond acceptors (Lipinski definition) is 4. The van der Waals surface area contributed by atoms with Crippen LogP contribution in [-0.2, 0) is 9.59 Å². The Bertz CT molecular complexity index is 475. The van der Waals surface area contributed by atoms with Crippen molar-refractivity contribution >= 4 is 17.5 Å². The molecule has 6 heteroatoms. The molecule has 1 rings (SSSR count). The molecule has 0 aliphatic rings. The predicted molar refractivity (Wildman–Crippen MR) is 81.9 cm³/mol. The Morgan fingerprint density at radius 2 is 2.00 bits per heavy atom. The van der Waals surface area contributed by atoms with Crippen LogP contribution in [0.2, 0.25) is 0 Å². The maximum Gasteiger partial charge on any atom is 0.223 e. The summed E-state index contributed by atoms with van der Waals surface area (Å²) in [5, 5.41) is 5.44. The maximum atomic E-state index is 11.6. The highest BCUT2D eigenvalue weighted by Gasteiger charge is 2.05. The van der Waals surface area contributed by atoms with Gasteiger partial charge in [0.05, 0.1) is 13.0 Å². The van der Waals surface area contributed by atoms with E-state index in [1.807, 2.05) is 13.8 Å². The lowest BCUT2D eigenvalue weighted by molar-refractivity contribution is -0.122. The van der Waals surface area contributed by atoms with E-state index in [0.717, 1.165) is 0 Å². The van der Waals surface area contributed by atoms with Crippen LogP contribution < -0.4 is 21.1 Å². The van der Waals surface area contributed by atoms with Crippen molar-refractivity contribution < 1.29 is 14.3 Å². The molecule has 6 nitrogen and oxygen atoms in total. The van der Waals surface area contributed by atoms with Crippen LogP contribution in [0.4, 0.5) is 5.69 Å². The summed E-state index contributed by atoms with van der Waals surface area (Å²) in [5.74, 6) is 0.427. The summed E-state index contributed by atoms with van der Waals surface area (Å²) in [6.07, 6.45) is 0.514. The Labute approximate surface area is 125 Å². The molecule has 0 spiro atoms. The quantitative estimate of drug-likeness (QED) is 0.625. The first kappa shape index (κ1) is 16.8. The minimum Gasteiger partial charge on any atom is -0.493 e. The first-order valence-corrected chi connectivity index (χ1v) is 7.02. The number of carbonyl (C=O) groups is 2. The van der Waals surface area contributed by atoms with Crippen LogP contribution >= 0.6 is 0 Å². The Morgan fingerprint density at radius 3 is 2.67 bits per heavy atom. The summed E-state index contributed by atoms with van der Waals surface area (Å²) < 4.78 is 5.42. The minimum atomic E-state index is -0.142. The molecule has 0 aliphatic carbocycles. The van der Waals surface area contributed by atoms with Gasteiger partial charge in [0, 0.05) is 30.8 Å². The zero-order valence-electron chi connectivity index (χ0n) is 12.5. The van der Waals surface area contributed by atoms with Crippen LogP contribution in [0.5, 0.6) is 5.75 Å². The Balaban J connectivity index is 2.13. The fraction of sp³-hybridized carbons (Fsp3) is 0.467. The van der Waals surface area contributed by atoms with Crippen molar-refractivity contribution in [3.05, 3.63) is 24.3 Å². The van der Waals surface area contributed by atoms with E-state index in [-0.39, 0.29) is 37.3 Å². The molecule has 0 fully saturated rings. The van der Waals surface area contributed by atoms with Crippen LogP contribution in [0, 0.1) is 0 Å². The van der Waals surface area contributed by atoms with Gasteiger partial charge in [0.25, 0.3) is 0 Å². The molecule has 0 heterocycles. The lowest BCUT2D eigenvalue weighted by Gasteiger charge is -2.09. The predicted octanol–water partition coefficient (Wildman–Crippen LogP) is 1.07. The van der Waals surface area contributed by atoms with Crippen molar-refractivity contribution in [2.45, 2.75) is 32.7 Å². The van der Waals surface area contributed by atoms with E-state index < -0.39 is 0 Å². The van der Waals surface area contributed by atoms with E-state index in [1.165, 1.54) is 0 Å². The third kappa shape index (κ3) is 7.81. The highest BCUT2D eigenvalue weighted by Crippen LogP contribution is 2.14. The third-order valence-electron chi connectivity index (χ3n) is 2.58. The molecule has 0 atom stereocenters. The molecule has 0 unspecified atom stereocenters. The molecule has 1 aromatic carbocycles. The number of anilines is 1. The topological polar surface area (TPSA) is 93.5 Å². The largest absolute Gasteiger partial charge is 0.493 e. The average Bonchev–Trinajstić information content (AvgIpc) is 2.37. The number of nitrogens with one attached hydrogen (secondary N) is 2. The number of carbonyl (C=O) groups excluding carboxylic acids is 2. The lowest BCUT2D eigenvalue weighted by Crippen LogP contribution is -2.34. The molecule has 1 aromatic rings. The number of benzene rings is 1. The van der Waals surface area contributed by atoms with Gasteiger partial charge in [0.2, 0.25) is 11.8 Å². The molecule has 0 aliphatic heterocycles.